The van der Waals surface area contributed by atoms with E-state index in [-0.39, 0.29) is 17.2 Å². The van der Waals surface area contributed by atoms with Gasteiger partial charge in [-0.2, -0.15) is 0 Å². The zero-order chi connectivity index (χ0) is 22.0. The maximum absolute atomic E-state index is 13.0. The molecule has 1 saturated heterocycles. The Labute approximate surface area is 181 Å². The molecule has 0 amide bonds. The number of carboxylic acid groups (broad SMARTS) is 1. The van der Waals surface area contributed by atoms with Gasteiger partial charge in [0.05, 0.1) is 11.6 Å². The standard InChI is InChI=1S/C24H28N4O3/c1-3-17-13-19(16(2)25-20-10-6-5-9-18(20)24(30)31)23-26-21(14-22(29)28(23)15-17)27-11-7-4-8-12-27/h5-6,9-10,13-16,25H,3-4,7-8,11-12H2,1-2H3,(H,30,31). The number of aryl methyl sites for hydroxylation is 1. The molecule has 2 aromatic heterocycles. The number of fused-ring (bicyclic) bond motifs is 1. The maximum Gasteiger partial charge on any atom is 0.337 e. The number of para-hydroxylation sites is 1. The Morgan fingerprint density at radius 2 is 1.94 bits per heavy atom. The van der Waals surface area contributed by atoms with Gasteiger partial charge >= 0.3 is 5.97 Å². The number of nitrogens with one attached hydrogen (secondary N) is 1. The van der Waals surface area contributed by atoms with Crippen LogP contribution in [0.5, 0.6) is 0 Å². The lowest BCUT2D eigenvalue weighted by Gasteiger charge is -2.28. The van der Waals surface area contributed by atoms with Crippen LogP contribution in [0.3, 0.4) is 0 Å². The average molecular weight is 421 g/mol. The first-order valence-corrected chi connectivity index (χ1v) is 10.9. The Balaban J connectivity index is 1.80. The second kappa shape index (κ2) is 8.79. The topological polar surface area (TPSA) is 86.9 Å². The number of nitrogens with zero attached hydrogens (tertiary/aromatic N) is 3. The summed E-state index contributed by atoms with van der Waals surface area (Å²) in [7, 11) is 0. The van der Waals surface area contributed by atoms with Crippen molar-refractivity contribution in [2.75, 3.05) is 23.3 Å². The van der Waals surface area contributed by atoms with Crippen molar-refractivity contribution >= 4 is 23.1 Å². The van der Waals surface area contributed by atoms with Crippen molar-refractivity contribution in [1.29, 1.82) is 0 Å². The molecule has 0 aliphatic carbocycles. The minimum Gasteiger partial charge on any atom is -0.478 e. The number of carbonyl (C=O) groups is 1. The number of piperidine rings is 1. The number of rotatable bonds is 6. The van der Waals surface area contributed by atoms with E-state index in [2.05, 4.69) is 16.3 Å². The van der Waals surface area contributed by atoms with Gasteiger partial charge in [-0.25, -0.2) is 9.78 Å². The first kappa shape index (κ1) is 20.9. The molecule has 0 bridgehead atoms. The number of aromatic carboxylic acids is 1. The Morgan fingerprint density at radius 3 is 2.65 bits per heavy atom. The lowest BCUT2D eigenvalue weighted by atomic mass is 10.0. The van der Waals surface area contributed by atoms with Gasteiger partial charge < -0.3 is 15.3 Å². The molecule has 162 valence electrons. The summed E-state index contributed by atoms with van der Waals surface area (Å²) in [4.78, 5) is 31.7. The largest absolute Gasteiger partial charge is 0.478 e. The maximum atomic E-state index is 13.0. The van der Waals surface area contributed by atoms with E-state index in [1.165, 1.54) is 6.42 Å². The van der Waals surface area contributed by atoms with E-state index in [0.717, 1.165) is 43.5 Å². The molecular weight excluding hydrogens is 392 g/mol. The van der Waals surface area contributed by atoms with Gasteiger partial charge in [-0.3, -0.25) is 9.20 Å². The number of hydrogen-bond donors (Lipinski definition) is 2. The molecule has 7 nitrogen and oxygen atoms in total. The highest BCUT2D eigenvalue weighted by Crippen LogP contribution is 2.27. The highest BCUT2D eigenvalue weighted by atomic mass is 16.4. The highest BCUT2D eigenvalue weighted by molar-refractivity contribution is 5.94. The summed E-state index contributed by atoms with van der Waals surface area (Å²) in [5.74, 6) is -0.266. The van der Waals surface area contributed by atoms with E-state index in [1.54, 1.807) is 34.7 Å². The zero-order valence-electron chi connectivity index (χ0n) is 18.0. The predicted octanol–water partition coefficient (Wildman–Crippen LogP) is 4.12. The van der Waals surface area contributed by atoms with Gasteiger partial charge in [-0.1, -0.05) is 19.1 Å². The number of benzene rings is 1. The molecule has 1 fully saturated rings. The molecule has 4 rings (SSSR count). The van der Waals surface area contributed by atoms with Gasteiger partial charge in [0.2, 0.25) is 0 Å². The number of carboxylic acids is 1. The minimum atomic E-state index is -0.982. The van der Waals surface area contributed by atoms with Crippen LogP contribution in [-0.4, -0.2) is 33.6 Å². The normalized spacial score (nSPS) is 15.1. The highest BCUT2D eigenvalue weighted by Gasteiger charge is 2.19. The van der Waals surface area contributed by atoms with Crippen LogP contribution in [-0.2, 0) is 6.42 Å². The van der Waals surface area contributed by atoms with Crippen LogP contribution in [0.25, 0.3) is 5.65 Å². The molecule has 0 radical (unpaired) electrons. The first-order chi connectivity index (χ1) is 15.0. The fourth-order valence-corrected chi connectivity index (χ4v) is 4.18. The zero-order valence-corrected chi connectivity index (χ0v) is 18.0. The second-order valence-electron chi connectivity index (χ2n) is 8.07. The Bertz CT molecular complexity index is 1170. The SMILES string of the molecule is CCc1cc(C(C)Nc2ccccc2C(=O)O)c2nc(N3CCCCC3)cc(=O)n2c1. The fraction of sp³-hybridized carbons (Fsp3) is 0.375. The van der Waals surface area contributed by atoms with Crippen LogP contribution in [0.4, 0.5) is 11.5 Å². The van der Waals surface area contributed by atoms with E-state index in [9.17, 15) is 14.7 Å². The van der Waals surface area contributed by atoms with Crippen molar-refractivity contribution in [2.24, 2.45) is 0 Å². The molecule has 0 saturated carbocycles. The molecule has 0 spiro atoms. The van der Waals surface area contributed by atoms with Crippen LogP contribution >= 0.6 is 0 Å². The van der Waals surface area contributed by atoms with Crippen molar-refractivity contribution in [3.63, 3.8) is 0 Å². The molecule has 2 N–H and O–H groups in total. The van der Waals surface area contributed by atoms with Gasteiger partial charge in [-0.15, -0.1) is 0 Å². The first-order valence-electron chi connectivity index (χ1n) is 10.9. The minimum absolute atomic E-state index is 0.0970. The summed E-state index contributed by atoms with van der Waals surface area (Å²) < 4.78 is 1.61. The molecule has 1 atom stereocenters. The average Bonchev–Trinajstić information content (AvgIpc) is 2.79. The third-order valence-corrected chi connectivity index (χ3v) is 5.92. The smallest absolute Gasteiger partial charge is 0.337 e. The van der Waals surface area contributed by atoms with Crippen LogP contribution in [0, 0.1) is 0 Å². The molecule has 3 heterocycles. The van der Waals surface area contributed by atoms with E-state index in [4.69, 9.17) is 4.98 Å². The summed E-state index contributed by atoms with van der Waals surface area (Å²) in [6, 6.07) is 10.3. The Hall–Kier alpha value is -3.35. The summed E-state index contributed by atoms with van der Waals surface area (Å²) in [6.45, 7) is 5.83. The molecule has 7 heteroatoms. The summed E-state index contributed by atoms with van der Waals surface area (Å²) >= 11 is 0. The van der Waals surface area contributed by atoms with Crippen LogP contribution in [0.15, 0.2) is 47.4 Å². The van der Waals surface area contributed by atoms with Crippen molar-refractivity contribution in [2.45, 2.75) is 45.6 Å². The molecular formula is C24H28N4O3. The van der Waals surface area contributed by atoms with Crippen molar-refractivity contribution in [3.05, 3.63) is 69.6 Å². The van der Waals surface area contributed by atoms with Gasteiger partial charge in [0.1, 0.15) is 11.5 Å². The van der Waals surface area contributed by atoms with Crippen LogP contribution in [0.2, 0.25) is 0 Å². The van der Waals surface area contributed by atoms with Crippen molar-refractivity contribution < 1.29 is 9.90 Å². The van der Waals surface area contributed by atoms with Gasteiger partial charge in [0, 0.05) is 36.6 Å². The molecule has 1 aliphatic heterocycles. The third kappa shape index (κ3) is 4.26. The summed E-state index contributed by atoms with van der Waals surface area (Å²) in [5, 5.41) is 12.8. The van der Waals surface area contributed by atoms with E-state index < -0.39 is 5.97 Å². The molecule has 3 aromatic rings. The van der Waals surface area contributed by atoms with Gasteiger partial charge in [0.15, 0.2) is 0 Å². The van der Waals surface area contributed by atoms with Crippen LogP contribution in [0.1, 0.15) is 60.6 Å². The second-order valence-corrected chi connectivity index (χ2v) is 8.07. The van der Waals surface area contributed by atoms with Gasteiger partial charge in [-0.05, 0) is 56.4 Å². The lowest BCUT2D eigenvalue weighted by Crippen LogP contribution is -2.32. The lowest BCUT2D eigenvalue weighted by molar-refractivity contribution is 0.0698. The van der Waals surface area contributed by atoms with E-state index in [1.807, 2.05) is 20.0 Å². The quantitative estimate of drug-likeness (QED) is 0.624. The van der Waals surface area contributed by atoms with Crippen molar-refractivity contribution in [1.82, 2.24) is 9.38 Å². The third-order valence-electron chi connectivity index (χ3n) is 5.92. The summed E-state index contributed by atoms with van der Waals surface area (Å²) in [6.07, 6.45) is 6.05. The monoisotopic (exact) mass is 420 g/mol. The molecule has 1 unspecified atom stereocenters. The van der Waals surface area contributed by atoms with Crippen LogP contribution < -0.4 is 15.8 Å². The predicted molar refractivity (Wildman–Crippen MR) is 122 cm³/mol. The Kier molecular flexibility index (Phi) is 5.93. The van der Waals surface area contributed by atoms with Crippen molar-refractivity contribution in [3.8, 4) is 0 Å². The molecule has 1 aromatic carbocycles. The summed E-state index contributed by atoms with van der Waals surface area (Å²) in [5.41, 5.74) is 3.16. The molecule has 1 aliphatic rings. The molecule has 31 heavy (non-hydrogen) atoms. The number of aromatic nitrogens is 2. The fourth-order valence-electron chi connectivity index (χ4n) is 4.18. The number of hydrogen-bond acceptors (Lipinski definition) is 5. The van der Waals surface area contributed by atoms with E-state index in [0.29, 0.717) is 17.2 Å². The Morgan fingerprint density at radius 1 is 1.19 bits per heavy atom. The number of pyridine rings is 1. The van der Waals surface area contributed by atoms with E-state index >= 15 is 0 Å². The van der Waals surface area contributed by atoms with Gasteiger partial charge in [0.25, 0.3) is 5.56 Å². The number of anilines is 2.